The van der Waals surface area contributed by atoms with E-state index in [2.05, 4.69) is 16.3 Å². The number of hydrogen-bond donors (Lipinski definition) is 0. The van der Waals surface area contributed by atoms with Gasteiger partial charge in [-0.15, -0.1) is 10.2 Å². The summed E-state index contributed by atoms with van der Waals surface area (Å²) in [6.45, 7) is 0.692. The van der Waals surface area contributed by atoms with E-state index >= 15 is 0 Å². The summed E-state index contributed by atoms with van der Waals surface area (Å²) in [4.78, 5) is 1.70. The summed E-state index contributed by atoms with van der Waals surface area (Å²) in [5.74, 6) is 0. The first kappa shape index (κ1) is 11.9. The second-order valence-electron chi connectivity index (χ2n) is 4.35. The molecule has 0 unspecified atom stereocenters. The molecule has 96 valence electrons. The van der Waals surface area contributed by atoms with E-state index < -0.39 is 0 Å². The number of rotatable bonds is 4. The Morgan fingerprint density at radius 3 is 2.26 bits per heavy atom. The minimum absolute atomic E-state index is 0.692. The number of ether oxygens (including phenoxy) is 1. The lowest BCUT2D eigenvalue weighted by Crippen LogP contribution is -2.05. The predicted molar refractivity (Wildman–Crippen MR) is 74.4 cm³/mol. The Bertz CT molecular complexity index is 657. The number of aromatic nitrogens is 3. The molecule has 0 aliphatic carbocycles. The molecule has 0 aliphatic heterocycles. The molecule has 0 spiro atoms. The molecule has 0 amide bonds. The molecule has 2 aromatic carbocycles. The maximum absolute atomic E-state index is 5.15. The third kappa shape index (κ3) is 2.35. The molecule has 0 saturated heterocycles. The van der Waals surface area contributed by atoms with Crippen LogP contribution in [-0.4, -0.2) is 28.7 Å². The van der Waals surface area contributed by atoms with E-state index in [9.17, 15) is 0 Å². The Balaban J connectivity index is 2.05. The quantitative estimate of drug-likeness (QED) is 0.717. The smallest absolute Gasteiger partial charge is 0.113 e. The molecule has 0 bridgehead atoms. The van der Waals surface area contributed by atoms with E-state index in [1.807, 2.05) is 42.5 Å². The van der Waals surface area contributed by atoms with Crippen molar-refractivity contribution in [3.05, 3.63) is 54.1 Å². The van der Waals surface area contributed by atoms with Gasteiger partial charge in [0.2, 0.25) is 0 Å². The number of nitrogens with zero attached hydrogens (tertiary/aromatic N) is 3. The van der Waals surface area contributed by atoms with Gasteiger partial charge in [-0.2, -0.15) is 4.80 Å². The Morgan fingerprint density at radius 2 is 1.58 bits per heavy atom. The van der Waals surface area contributed by atoms with E-state index in [0.717, 1.165) is 23.1 Å². The molecular formula is C15H15N3O. The highest BCUT2D eigenvalue weighted by molar-refractivity contribution is 5.73. The molecule has 4 heteroatoms. The van der Waals surface area contributed by atoms with Gasteiger partial charge in [-0.25, -0.2) is 0 Å². The fourth-order valence-corrected chi connectivity index (χ4v) is 2.10. The Labute approximate surface area is 111 Å². The minimum atomic E-state index is 0.692. The van der Waals surface area contributed by atoms with Gasteiger partial charge in [-0.3, -0.25) is 0 Å². The van der Waals surface area contributed by atoms with Crippen molar-refractivity contribution in [1.29, 1.82) is 0 Å². The highest BCUT2D eigenvalue weighted by atomic mass is 16.5. The summed E-state index contributed by atoms with van der Waals surface area (Å²) >= 11 is 0. The zero-order chi connectivity index (χ0) is 13.1. The number of fused-ring (bicyclic) bond motifs is 1. The second-order valence-corrected chi connectivity index (χ2v) is 4.35. The van der Waals surface area contributed by atoms with Gasteiger partial charge in [0.05, 0.1) is 12.3 Å². The largest absolute Gasteiger partial charge is 0.384 e. The summed E-state index contributed by atoms with van der Waals surface area (Å²) in [6, 6.07) is 16.0. The van der Waals surface area contributed by atoms with Crippen LogP contribution in [0.25, 0.3) is 16.7 Å². The molecule has 19 heavy (non-hydrogen) atoms. The zero-order valence-corrected chi connectivity index (χ0v) is 10.8. The number of benzene rings is 2. The van der Waals surface area contributed by atoms with Gasteiger partial charge >= 0.3 is 0 Å². The molecule has 0 radical (unpaired) electrons. The summed E-state index contributed by atoms with van der Waals surface area (Å²) in [6.07, 6.45) is 0.852. The Morgan fingerprint density at radius 1 is 0.947 bits per heavy atom. The zero-order valence-electron chi connectivity index (χ0n) is 10.8. The molecule has 0 atom stereocenters. The SMILES string of the molecule is COCCc1ccccc1-n1nc2ccccc2n1. The number of hydrogen-bond acceptors (Lipinski definition) is 3. The van der Waals surface area contributed by atoms with Crippen LogP contribution in [0.2, 0.25) is 0 Å². The molecule has 0 N–H and O–H groups in total. The summed E-state index contributed by atoms with van der Waals surface area (Å²) in [7, 11) is 1.71. The van der Waals surface area contributed by atoms with Crippen LogP contribution >= 0.6 is 0 Å². The highest BCUT2D eigenvalue weighted by Crippen LogP contribution is 2.16. The van der Waals surface area contributed by atoms with Crippen LogP contribution in [0.3, 0.4) is 0 Å². The van der Waals surface area contributed by atoms with Gasteiger partial charge in [0.25, 0.3) is 0 Å². The van der Waals surface area contributed by atoms with Crippen molar-refractivity contribution in [2.45, 2.75) is 6.42 Å². The lowest BCUT2D eigenvalue weighted by Gasteiger charge is -2.07. The van der Waals surface area contributed by atoms with E-state index in [0.29, 0.717) is 6.61 Å². The highest BCUT2D eigenvalue weighted by Gasteiger charge is 2.08. The molecular weight excluding hydrogens is 238 g/mol. The standard InChI is InChI=1S/C15H15N3O/c1-19-11-10-12-6-2-5-9-15(12)18-16-13-7-3-4-8-14(13)17-18/h2-9H,10-11H2,1H3. The van der Waals surface area contributed by atoms with Gasteiger partial charge in [0.15, 0.2) is 0 Å². The molecule has 0 aliphatic rings. The Hall–Kier alpha value is -2.20. The first-order chi connectivity index (χ1) is 9.38. The van der Waals surface area contributed by atoms with Crippen LogP contribution in [0.1, 0.15) is 5.56 Å². The van der Waals surface area contributed by atoms with Gasteiger partial charge in [0.1, 0.15) is 11.0 Å². The molecule has 4 nitrogen and oxygen atoms in total. The van der Waals surface area contributed by atoms with Crippen LogP contribution in [-0.2, 0) is 11.2 Å². The first-order valence-corrected chi connectivity index (χ1v) is 6.28. The van der Waals surface area contributed by atoms with Crippen molar-refractivity contribution in [2.75, 3.05) is 13.7 Å². The Kier molecular flexibility index (Phi) is 3.25. The van der Waals surface area contributed by atoms with Gasteiger partial charge < -0.3 is 4.74 Å². The molecule has 3 rings (SSSR count). The monoisotopic (exact) mass is 253 g/mol. The van der Waals surface area contributed by atoms with Crippen molar-refractivity contribution < 1.29 is 4.74 Å². The number of para-hydroxylation sites is 1. The second kappa shape index (κ2) is 5.20. The summed E-state index contributed by atoms with van der Waals surface area (Å²) in [5, 5.41) is 9.03. The van der Waals surface area contributed by atoms with Crippen molar-refractivity contribution in [1.82, 2.24) is 15.0 Å². The van der Waals surface area contributed by atoms with Crippen LogP contribution in [0.5, 0.6) is 0 Å². The van der Waals surface area contributed by atoms with Crippen LogP contribution in [0.4, 0.5) is 0 Å². The maximum atomic E-state index is 5.15. The average molecular weight is 253 g/mol. The number of methoxy groups -OCH3 is 1. The third-order valence-electron chi connectivity index (χ3n) is 3.07. The van der Waals surface area contributed by atoms with E-state index in [-0.39, 0.29) is 0 Å². The maximum Gasteiger partial charge on any atom is 0.113 e. The van der Waals surface area contributed by atoms with Crippen molar-refractivity contribution in [2.24, 2.45) is 0 Å². The van der Waals surface area contributed by atoms with E-state index in [4.69, 9.17) is 4.74 Å². The van der Waals surface area contributed by atoms with E-state index in [1.54, 1.807) is 11.9 Å². The van der Waals surface area contributed by atoms with Crippen LogP contribution in [0.15, 0.2) is 48.5 Å². The first-order valence-electron chi connectivity index (χ1n) is 6.28. The topological polar surface area (TPSA) is 39.9 Å². The van der Waals surface area contributed by atoms with Gasteiger partial charge in [-0.05, 0) is 30.2 Å². The van der Waals surface area contributed by atoms with Crippen LogP contribution in [0, 0.1) is 0 Å². The normalized spacial score (nSPS) is 11.0. The van der Waals surface area contributed by atoms with Crippen molar-refractivity contribution in [3.8, 4) is 5.69 Å². The van der Waals surface area contributed by atoms with Gasteiger partial charge in [0, 0.05) is 7.11 Å². The van der Waals surface area contributed by atoms with Gasteiger partial charge in [-0.1, -0.05) is 30.3 Å². The van der Waals surface area contributed by atoms with Crippen molar-refractivity contribution >= 4 is 11.0 Å². The predicted octanol–water partition coefficient (Wildman–Crippen LogP) is 2.61. The fourth-order valence-electron chi connectivity index (χ4n) is 2.10. The molecule has 0 saturated carbocycles. The lowest BCUT2D eigenvalue weighted by molar-refractivity contribution is 0.202. The molecule has 0 fully saturated rings. The molecule has 1 heterocycles. The fraction of sp³-hybridized carbons (Fsp3) is 0.200. The minimum Gasteiger partial charge on any atom is -0.384 e. The summed E-state index contributed by atoms with van der Waals surface area (Å²) in [5.41, 5.74) is 4.01. The third-order valence-corrected chi connectivity index (χ3v) is 3.07. The van der Waals surface area contributed by atoms with Crippen LogP contribution < -0.4 is 0 Å². The molecule has 3 aromatic rings. The van der Waals surface area contributed by atoms with Crippen molar-refractivity contribution in [3.63, 3.8) is 0 Å². The lowest BCUT2D eigenvalue weighted by atomic mass is 10.1. The average Bonchev–Trinajstić information content (AvgIpc) is 2.89. The molecule has 1 aromatic heterocycles. The summed E-state index contributed by atoms with van der Waals surface area (Å²) < 4.78 is 5.15. The van der Waals surface area contributed by atoms with E-state index in [1.165, 1.54) is 5.56 Å².